The van der Waals surface area contributed by atoms with Crippen LogP contribution in [0.4, 0.5) is 0 Å². The van der Waals surface area contributed by atoms with Gasteiger partial charge >= 0.3 is 0 Å². The Morgan fingerprint density at radius 2 is 2.05 bits per heavy atom. The first-order valence-corrected chi connectivity index (χ1v) is 8.54. The van der Waals surface area contributed by atoms with Crippen molar-refractivity contribution in [1.29, 1.82) is 0 Å². The Balaban J connectivity index is 1.69. The maximum absolute atomic E-state index is 4.46. The van der Waals surface area contributed by atoms with Gasteiger partial charge < -0.3 is 10.2 Å². The number of hydrogen-bond donors (Lipinski definition) is 1. The van der Waals surface area contributed by atoms with Gasteiger partial charge in [-0.3, -0.25) is 4.68 Å². The van der Waals surface area contributed by atoms with Crippen LogP contribution in [0.15, 0.2) is 6.20 Å². The average Bonchev–Trinajstić information content (AvgIpc) is 2.88. The van der Waals surface area contributed by atoms with Crippen LogP contribution in [0.1, 0.15) is 62.2 Å². The number of hydrogen-bond acceptors (Lipinski definition) is 3. The van der Waals surface area contributed by atoms with Crippen molar-refractivity contribution >= 4 is 0 Å². The molecule has 118 valence electrons. The Hall–Kier alpha value is -0.870. The number of rotatable bonds is 4. The monoisotopic (exact) mass is 290 g/mol. The molecular weight excluding hydrogens is 260 g/mol. The molecule has 0 aromatic carbocycles. The fourth-order valence-electron chi connectivity index (χ4n) is 4.22. The zero-order chi connectivity index (χ0) is 14.9. The molecule has 1 unspecified atom stereocenters. The van der Waals surface area contributed by atoms with E-state index < -0.39 is 0 Å². The number of nitrogens with one attached hydrogen (secondary N) is 1. The highest BCUT2D eigenvalue weighted by Crippen LogP contribution is 2.34. The zero-order valence-electron chi connectivity index (χ0n) is 13.9. The molecule has 3 rings (SSSR count). The van der Waals surface area contributed by atoms with Crippen LogP contribution in [0.3, 0.4) is 0 Å². The summed E-state index contributed by atoms with van der Waals surface area (Å²) in [6.45, 7) is 1.11. The van der Waals surface area contributed by atoms with Gasteiger partial charge in [0.25, 0.3) is 0 Å². The first kappa shape index (κ1) is 15.0. The molecule has 2 aliphatic rings. The predicted molar refractivity (Wildman–Crippen MR) is 86.4 cm³/mol. The SMILES string of the molecule is CN(C)C1(CNC2CCCc3c2cnn3C)CCCCC1. The van der Waals surface area contributed by atoms with E-state index in [1.165, 1.54) is 62.6 Å². The number of nitrogens with zero attached hydrogens (tertiary/aromatic N) is 3. The minimum absolute atomic E-state index is 0.359. The van der Waals surface area contributed by atoms with Crippen LogP contribution in [0.25, 0.3) is 0 Å². The molecule has 0 aliphatic heterocycles. The summed E-state index contributed by atoms with van der Waals surface area (Å²) in [6, 6.07) is 0.501. The molecule has 1 N–H and O–H groups in total. The van der Waals surface area contributed by atoms with E-state index in [2.05, 4.69) is 47.3 Å². The van der Waals surface area contributed by atoms with Crippen LogP contribution >= 0.6 is 0 Å². The number of aromatic nitrogens is 2. The molecule has 0 spiro atoms. The highest BCUT2D eigenvalue weighted by Gasteiger charge is 2.35. The van der Waals surface area contributed by atoms with Gasteiger partial charge in [-0.25, -0.2) is 0 Å². The van der Waals surface area contributed by atoms with E-state index in [1.807, 2.05) is 0 Å². The Bertz CT molecular complexity index is 471. The van der Waals surface area contributed by atoms with Crippen molar-refractivity contribution < 1.29 is 0 Å². The van der Waals surface area contributed by atoms with Crippen molar-refractivity contribution in [3.8, 4) is 0 Å². The van der Waals surface area contributed by atoms with E-state index in [-0.39, 0.29) is 0 Å². The summed E-state index contributed by atoms with van der Waals surface area (Å²) in [4.78, 5) is 2.46. The fourth-order valence-corrected chi connectivity index (χ4v) is 4.22. The molecule has 1 atom stereocenters. The number of fused-ring (bicyclic) bond motifs is 1. The third kappa shape index (κ3) is 2.88. The maximum atomic E-state index is 4.46. The minimum atomic E-state index is 0.359. The summed E-state index contributed by atoms with van der Waals surface area (Å²) >= 11 is 0. The summed E-state index contributed by atoms with van der Waals surface area (Å²) in [6.07, 6.45) is 12.6. The molecule has 0 amide bonds. The number of aryl methyl sites for hydroxylation is 1. The smallest absolute Gasteiger partial charge is 0.0540 e. The van der Waals surface area contributed by atoms with E-state index in [0.29, 0.717) is 11.6 Å². The summed E-state index contributed by atoms with van der Waals surface area (Å²) in [7, 11) is 6.58. The van der Waals surface area contributed by atoms with E-state index in [1.54, 1.807) is 0 Å². The third-order valence-electron chi connectivity index (χ3n) is 5.79. The van der Waals surface area contributed by atoms with E-state index in [9.17, 15) is 0 Å². The Morgan fingerprint density at radius 3 is 2.76 bits per heavy atom. The van der Waals surface area contributed by atoms with Crippen molar-refractivity contribution in [2.45, 2.75) is 62.9 Å². The van der Waals surface area contributed by atoms with Gasteiger partial charge in [-0.05, 0) is 46.2 Å². The highest BCUT2D eigenvalue weighted by atomic mass is 15.3. The van der Waals surface area contributed by atoms with Gasteiger partial charge in [0.05, 0.1) is 6.20 Å². The lowest BCUT2D eigenvalue weighted by molar-refractivity contribution is 0.0942. The Morgan fingerprint density at radius 1 is 1.29 bits per heavy atom. The molecule has 1 saturated carbocycles. The predicted octanol–water partition coefficient (Wildman–Crippen LogP) is 2.65. The second kappa shape index (κ2) is 6.09. The second-order valence-corrected chi connectivity index (χ2v) is 7.18. The van der Waals surface area contributed by atoms with E-state index >= 15 is 0 Å². The first-order valence-electron chi connectivity index (χ1n) is 8.54. The zero-order valence-corrected chi connectivity index (χ0v) is 13.9. The molecule has 4 heteroatoms. The summed E-state index contributed by atoms with van der Waals surface area (Å²) < 4.78 is 2.06. The van der Waals surface area contributed by atoms with Crippen LogP contribution in [-0.4, -0.2) is 40.9 Å². The second-order valence-electron chi connectivity index (χ2n) is 7.18. The Kier molecular flexibility index (Phi) is 4.36. The van der Waals surface area contributed by atoms with Crippen LogP contribution < -0.4 is 5.32 Å². The van der Waals surface area contributed by atoms with Gasteiger partial charge in [0.15, 0.2) is 0 Å². The molecule has 1 aromatic heterocycles. The van der Waals surface area contributed by atoms with Gasteiger partial charge in [-0.2, -0.15) is 5.10 Å². The van der Waals surface area contributed by atoms with Gasteiger partial charge in [0.2, 0.25) is 0 Å². The van der Waals surface area contributed by atoms with Crippen molar-refractivity contribution in [3.05, 3.63) is 17.5 Å². The lowest BCUT2D eigenvalue weighted by Gasteiger charge is -2.44. The molecular formula is C17H30N4. The molecule has 0 radical (unpaired) electrons. The molecule has 0 bridgehead atoms. The van der Waals surface area contributed by atoms with Crippen LogP contribution in [-0.2, 0) is 13.5 Å². The normalized spacial score (nSPS) is 25.0. The van der Waals surface area contributed by atoms with Crippen molar-refractivity contribution in [2.75, 3.05) is 20.6 Å². The van der Waals surface area contributed by atoms with Gasteiger partial charge in [-0.15, -0.1) is 0 Å². The number of likely N-dealkylation sites (N-methyl/N-ethyl adjacent to an activating group) is 1. The van der Waals surface area contributed by atoms with E-state index in [0.717, 1.165) is 6.54 Å². The molecule has 2 aliphatic carbocycles. The lowest BCUT2D eigenvalue weighted by atomic mass is 9.80. The molecule has 21 heavy (non-hydrogen) atoms. The van der Waals surface area contributed by atoms with Crippen LogP contribution in [0.5, 0.6) is 0 Å². The van der Waals surface area contributed by atoms with Crippen LogP contribution in [0.2, 0.25) is 0 Å². The summed E-state index contributed by atoms with van der Waals surface area (Å²) in [5.41, 5.74) is 3.23. The summed E-state index contributed by atoms with van der Waals surface area (Å²) in [5, 5.41) is 8.35. The standard InChI is InChI=1S/C17H30N4/c1-20(2)17(10-5-4-6-11-17)13-18-15-8-7-9-16-14(15)12-19-21(16)3/h12,15,18H,4-11,13H2,1-3H3. The van der Waals surface area contributed by atoms with Gasteiger partial charge in [-0.1, -0.05) is 19.3 Å². The largest absolute Gasteiger partial charge is 0.308 e. The van der Waals surface area contributed by atoms with Crippen molar-refractivity contribution in [3.63, 3.8) is 0 Å². The van der Waals surface area contributed by atoms with Gasteiger partial charge in [0.1, 0.15) is 0 Å². The molecule has 1 fully saturated rings. The van der Waals surface area contributed by atoms with Crippen molar-refractivity contribution in [1.82, 2.24) is 20.0 Å². The first-order chi connectivity index (χ1) is 10.1. The summed E-state index contributed by atoms with van der Waals surface area (Å²) in [5.74, 6) is 0. The topological polar surface area (TPSA) is 33.1 Å². The molecule has 1 heterocycles. The van der Waals surface area contributed by atoms with Crippen molar-refractivity contribution in [2.24, 2.45) is 7.05 Å². The van der Waals surface area contributed by atoms with Crippen LogP contribution in [0, 0.1) is 0 Å². The molecule has 1 aromatic rings. The van der Waals surface area contributed by atoms with Gasteiger partial charge in [0, 0.05) is 36.4 Å². The third-order valence-corrected chi connectivity index (χ3v) is 5.79. The quantitative estimate of drug-likeness (QED) is 0.925. The van der Waals surface area contributed by atoms with E-state index in [4.69, 9.17) is 0 Å². The molecule has 0 saturated heterocycles. The minimum Gasteiger partial charge on any atom is -0.308 e. The molecule has 4 nitrogen and oxygen atoms in total. The Labute approximate surface area is 128 Å². The average molecular weight is 290 g/mol. The lowest BCUT2D eigenvalue weighted by Crippen LogP contribution is -2.53. The maximum Gasteiger partial charge on any atom is 0.0540 e. The highest BCUT2D eigenvalue weighted by molar-refractivity contribution is 5.24. The fraction of sp³-hybridized carbons (Fsp3) is 0.824.